The number of thiocarbonyl (C=S) groups is 1. The van der Waals surface area contributed by atoms with Crippen molar-refractivity contribution in [2.45, 2.75) is 13.0 Å². The molecular formula is C23H21N3OS. The zero-order chi connectivity index (χ0) is 19.5. The molecule has 1 unspecified atom stereocenters. The summed E-state index contributed by atoms with van der Waals surface area (Å²) in [5.41, 5.74) is 4.98. The minimum absolute atomic E-state index is 0.0826. The average Bonchev–Trinajstić information content (AvgIpc) is 2.85. The molecule has 28 heavy (non-hydrogen) atoms. The van der Waals surface area contributed by atoms with Gasteiger partial charge in [0, 0.05) is 16.9 Å². The van der Waals surface area contributed by atoms with Gasteiger partial charge < -0.3 is 15.5 Å². The predicted molar refractivity (Wildman–Crippen MR) is 117 cm³/mol. The molecule has 2 N–H and O–H groups in total. The highest BCUT2D eigenvalue weighted by Crippen LogP contribution is 2.36. The number of para-hydroxylation sites is 1. The molecule has 0 saturated heterocycles. The quantitative estimate of drug-likeness (QED) is 0.624. The Labute approximate surface area is 170 Å². The van der Waals surface area contributed by atoms with Crippen LogP contribution in [0.25, 0.3) is 0 Å². The summed E-state index contributed by atoms with van der Waals surface area (Å²) in [5, 5.41) is 6.83. The molecule has 0 spiro atoms. The Morgan fingerprint density at radius 1 is 1.04 bits per heavy atom. The van der Waals surface area contributed by atoms with Crippen LogP contribution in [0, 0.1) is 6.92 Å². The third kappa shape index (κ3) is 3.75. The fraction of sp³-hybridized carbons (Fsp3) is 0.130. The van der Waals surface area contributed by atoms with E-state index >= 15 is 0 Å². The zero-order valence-corrected chi connectivity index (χ0v) is 16.4. The summed E-state index contributed by atoms with van der Waals surface area (Å²) >= 11 is 5.74. The molecule has 0 aromatic heterocycles. The van der Waals surface area contributed by atoms with Crippen LogP contribution in [-0.4, -0.2) is 22.5 Å². The molecular weight excluding hydrogens is 366 g/mol. The van der Waals surface area contributed by atoms with Gasteiger partial charge in [0.15, 0.2) is 5.11 Å². The fourth-order valence-electron chi connectivity index (χ4n) is 3.53. The van der Waals surface area contributed by atoms with Gasteiger partial charge in [0.1, 0.15) is 6.54 Å². The number of hydrogen-bond donors (Lipinski definition) is 2. The number of nitrogens with zero attached hydrogens (tertiary/aromatic N) is 1. The summed E-state index contributed by atoms with van der Waals surface area (Å²) < 4.78 is 0. The van der Waals surface area contributed by atoms with Gasteiger partial charge in [-0.25, -0.2) is 0 Å². The number of amides is 1. The van der Waals surface area contributed by atoms with Gasteiger partial charge in [-0.05, 0) is 42.9 Å². The summed E-state index contributed by atoms with van der Waals surface area (Å²) in [6.07, 6.45) is 0. The van der Waals surface area contributed by atoms with Gasteiger partial charge in [0.2, 0.25) is 5.91 Å². The molecule has 1 aliphatic heterocycles. The molecule has 0 bridgehead atoms. The summed E-state index contributed by atoms with van der Waals surface area (Å²) in [6.45, 7) is 2.23. The molecule has 4 nitrogen and oxygen atoms in total. The Morgan fingerprint density at radius 3 is 2.43 bits per heavy atom. The van der Waals surface area contributed by atoms with Crippen molar-refractivity contribution in [3.63, 3.8) is 0 Å². The van der Waals surface area contributed by atoms with E-state index in [2.05, 4.69) is 35.8 Å². The van der Waals surface area contributed by atoms with Crippen LogP contribution < -0.4 is 10.6 Å². The van der Waals surface area contributed by atoms with Crippen LogP contribution in [0.15, 0.2) is 78.9 Å². The van der Waals surface area contributed by atoms with Crippen molar-refractivity contribution in [3.8, 4) is 0 Å². The molecule has 1 atom stereocenters. The average molecular weight is 388 g/mol. The largest absolute Gasteiger partial charge is 0.333 e. The van der Waals surface area contributed by atoms with Gasteiger partial charge in [-0.15, -0.1) is 0 Å². The number of fused-ring (bicyclic) bond motifs is 1. The number of aryl methyl sites for hydroxylation is 1. The third-order valence-corrected chi connectivity index (χ3v) is 5.14. The molecule has 5 heteroatoms. The van der Waals surface area contributed by atoms with Crippen LogP contribution in [0.1, 0.15) is 22.7 Å². The van der Waals surface area contributed by atoms with Crippen LogP contribution in [-0.2, 0) is 4.79 Å². The zero-order valence-electron chi connectivity index (χ0n) is 15.6. The van der Waals surface area contributed by atoms with E-state index in [4.69, 9.17) is 12.2 Å². The highest BCUT2D eigenvalue weighted by Gasteiger charge is 2.31. The second-order valence-corrected chi connectivity index (χ2v) is 7.26. The maximum atomic E-state index is 12.6. The van der Waals surface area contributed by atoms with Crippen molar-refractivity contribution in [2.75, 3.05) is 17.2 Å². The molecule has 3 aromatic carbocycles. The topological polar surface area (TPSA) is 44.4 Å². The van der Waals surface area contributed by atoms with Gasteiger partial charge >= 0.3 is 0 Å². The lowest BCUT2D eigenvalue weighted by molar-refractivity contribution is -0.116. The van der Waals surface area contributed by atoms with Crippen LogP contribution in [0.5, 0.6) is 0 Å². The van der Waals surface area contributed by atoms with Crippen LogP contribution >= 0.6 is 12.2 Å². The third-order valence-electron chi connectivity index (χ3n) is 4.80. The molecule has 1 heterocycles. The molecule has 1 amide bonds. The maximum Gasteiger partial charge on any atom is 0.244 e. The minimum atomic E-state index is -0.168. The Balaban J connectivity index is 1.80. The highest BCUT2D eigenvalue weighted by molar-refractivity contribution is 7.80. The van der Waals surface area contributed by atoms with Gasteiger partial charge in [-0.2, -0.15) is 0 Å². The molecule has 0 radical (unpaired) electrons. The Bertz CT molecular complexity index is 1000. The number of hydrogen-bond acceptors (Lipinski definition) is 2. The highest BCUT2D eigenvalue weighted by atomic mass is 32.1. The molecule has 1 aliphatic rings. The Hall–Kier alpha value is -3.18. The number of carbonyl (C=O) groups is 1. The summed E-state index contributed by atoms with van der Waals surface area (Å²) in [6, 6.07) is 25.9. The number of anilines is 2. The maximum absolute atomic E-state index is 12.6. The molecule has 0 fully saturated rings. The van der Waals surface area contributed by atoms with Crippen LogP contribution in [0.2, 0.25) is 0 Å². The molecule has 0 saturated carbocycles. The van der Waals surface area contributed by atoms with Crippen molar-refractivity contribution in [3.05, 3.63) is 95.6 Å². The first-order valence-electron chi connectivity index (χ1n) is 9.20. The van der Waals surface area contributed by atoms with Crippen molar-refractivity contribution < 1.29 is 4.79 Å². The van der Waals surface area contributed by atoms with Crippen molar-refractivity contribution in [1.29, 1.82) is 0 Å². The number of carbonyl (C=O) groups excluding carboxylic acids is 1. The molecule has 3 aromatic rings. The summed E-state index contributed by atoms with van der Waals surface area (Å²) in [5.74, 6) is -0.0826. The van der Waals surface area contributed by atoms with Gasteiger partial charge in [0.25, 0.3) is 0 Å². The van der Waals surface area contributed by atoms with E-state index < -0.39 is 0 Å². The Morgan fingerprint density at radius 2 is 1.71 bits per heavy atom. The van der Waals surface area contributed by atoms with E-state index in [1.807, 2.05) is 65.6 Å². The van der Waals surface area contributed by atoms with E-state index in [1.165, 1.54) is 0 Å². The van der Waals surface area contributed by atoms with Crippen molar-refractivity contribution in [1.82, 2.24) is 4.90 Å². The first-order valence-corrected chi connectivity index (χ1v) is 9.60. The van der Waals surface area contributed by atoms with E-state index in [1.54, 1.807) is 0 Å². The van der Waals surface area contributed by atoms with E-state index in [0.717, 1.165) is 28.1 Å². The lowest BCUT2D eigenvalue weighted by atomic mass is 9.95. The number of nitrogens with one attached hydrogen (secondary N) is 2. The first-order chi connectivity index (χ1) is 13.6. The summed E-state index contributed by atoms with van der Waals surface area (Å²) in [7, 11) is 0. The second kappa shape index (κ2) is 7.82. The fourth-order valence-corrected chi connectivity index (χ4v) is 3.81. The van der Waals surface area contributed by atoms with Crippen LogP contribution in [0.4, 0.5) is 11.4 Å². The van der Waals surface area contributed by atoms with E-state index in [0.29, 0.717) is 5.11 Å². The number of benzene rings is 3. The lowest BCUT2D eigenvalue weighted by Gasteiger charge is -2.33. The first kappa shape index (κ1) is 18.2. The lowest BCUT2D eigenvalue weighted by Crippen LogP contribution is -2.41. The van der Waals surface area contributed by atoms with E-state index in [-0.39, 0.29) is 18.5 Å². The second-order valence-electron chi connectivity index (χ2n) is 6.88. The standard InChI is InChI=1S/C23H21N3OS/c1-16-12-13-20-19(14-16)22(17-8-4-2-5-9-17)26(15-21(27)25-20)23(28)24-18-10-6-3-7-11-18/h2-14,22H,15H2,1H3,(H,24,28)(H,25,27). The normalized spacial score (nSPS) is 16.0. The van der Waals surface area contributed by atoms with Gasteiger partial charge in [0.05, 0.1) is 6.04 Å². The molecule has 140 valence electrons. The SMILES string of the molecule is Cc1ccc2c(c1)C(c1ccccc1)N(C(=S)Nc1ccccc1)CC(=O)N2. The predicted octanol–water partition coefficient (Wildman–Crippen LogP) is 4.74. The molecule has 0 aliphatic carbocycles. The smallest absolute Gasteiger partial charge is 0.244 e. The molecule has 4 rings (SSSR count). The Kier molecular flexibility index (Phi) is 5.08. The number of rotatable bonds is 2. The summed E-state index contributed by atoms with van der Waals surface area (Å²) in [4.78, 5) is 14.6. The van der Waals surface area contributed by atoms with Crippen molar-refractivity contribution >= 4 is 34.6 Å². The van der Waals surface area contributed by atoms with Crippen LogP contribution in [0.3, 0.4) is 0 Å². The van der Waals surface area contributed by atoms with Gasteiger partial charge in [-0.1, -0.05) is 66.2 Å². The monoisotopic (exact) mass is 387 g/mol. The van der Waals surface area contributed by atoms with Crippen molar-refractivity contribution in [2.24, 2.45) is 0 Å². The van der Waals surface area contributed by atoms with E-state index in [9.17, 15) is 4.79 Å². The minimum Gasteiger partial charge on any atom is -0.333 e. The van der Waals surface area contributed by atoms with Gasteiger partial charge in [-0.3, -0.25) is 4.79 Å².